The highest BCUT2D eigenvalue weighted by atomic mass is 16.6. The summed E-state index contributed by atoms with van der Waals surface area (Å²) in [5.74, 6) is -2.20. The van der Waals surface area contributed by atoms with Gasteiger partial charge in [0.1, 0.15) is 17.4 Å². The third-order valence-corrected chi connectivity index (χ3v) is 5.55. The van der Waals surface area contributed by atoms with E-state index in [1.165, 1.54) is 12.1 Å². The number of aliphatic hydroxyl groups is 1. The van der Waals surface area contributed by atoms with Crippen molar-refractivity contribution in [2.45, 2.75) is 91.5 Å². The second kappa shape index (κ2) is 14.7. The molecule has 1 aromatic carbocycles. The monoisotopic (exact) mass is 521 g/mol. The molecule has 0 aliphatic heterocycles. The first kappa shape index (κ1) is 32.0. The number of rotatable bonds is 13. The Balaban J connectivity index is 2.80. The maximum absolute atomic E-state index is 12.9. The highest BCUT2D eigenvalue weighted by Gasteiger charge is 2.29. The van der Waals surface area contributed by atoms with Crippen molar-refractivity contribution in [3.05, 3.63) is 29.8 Å². The smallest absolute Gasteiger partial charge is 0.344 e. The Kier molecular flexibility index (Phi) is 12.7. The quantitative estimate of drug-likeness (QED) is 0.288. The lowest BCUT2D eigenvalue weighted by molar-refractivity contribution is -0.157. The number of nitrogens with one attached hydrogen (secondary N) is 2. The lowest BCUT2D eigenvalue weighted by atomic mass is 9.96. The largest absolute Gasteiger partial charge is 0.482 e. The van der Waals surface area contributed by atoms with E-state index in [-0.39, 0.29) is 36.2 Å². The van der Waals surface area contributed by atoms with Gasteiger partial charge < -0.3 is 25.6 Å². The molecule has 5 N–H and O–H groups in total. The van der Waals surface area contributed by atoms with Crippen LogP contribution in [0.15, 0.2) is 24.3 Å². The van der Waals surface area contributed by atoms with E-state index in [1.54, 1.807) is 39.8 Å². The Morgan fingerprint density at radius 2 is 1.76 bits per heavy atom. The molecule has 0 fully saturated rings. The Hall–Kier alpha value is -2.98. The van der Waals surface area contributed by atoms with E-state index in [0.717, 1.165) is 0 Å². The molecule has 0 unspecified atom stereocenters. The van der Waals surface area contributed by atoms with Crippen LogP contribution < -0.4 is 21.1 Å². The lowest BCUT2D eigenvalue weighted by Crippen LogP contribution is -2.52. The standard InChI is InChI=1S/C27H43N3O7/c1-8-17(4)24(29-22(32)14-21(31)20(28)12-16(2)3)26(35)30-25(34)18-10-9-11-19(13-18)36-15-23(33)37-27(5,6)7/h9-11,13,16-17,20-21,24,31H,8,12,14-15,28H2,1-7H3,(H,29,32)(H,30,34,35)/t17-,20-,21-,24-/m0/s1. The summed E-state index contributed by atoms with van der Waals surface area (Å²) < 4.78 is 10.6. The van der Waals surface area contributed by atoms with E-state index >= 15 is 0 Å². The summed E-state index contributed by atoms with van der Waals surface area (Å²) in [4.78, 5) is 50.1. The third kappa shape index (κ3) is 12.2. The van der Waals surface area contributed by atoms with Gasteiger partial charge in [-0.3, -0.25) is 19.7 Å². The number of benzene rings is 1. The molecule has 10 heteroatoms. The van der Waals surface area contributed by atoms with Crippen LogP contribution in [0.5, 0.6) is 5.75 Å². The van der Waals surface area contributed by atoms with E-state index in [0.29, 0.717) is 12.8 Å². The maximum atomic E-state index is 12.9. The summed E-state index contributed by atoms with van der Waals surface area (Å²) in [7, 11) is 0. The topological polar surface area (TPSA) is 157 Å². The van der Waals surface area contributed by atoms with Crippen LogP contribution in [-0.2, 0) is 19.1 Å². The molecule has 0 saturated carbocycles. The van der Waals surface area contributed by atoms with Crippen LogP contribution in [0.25, 0.3) is 0 Å². The van der Waals surface area contributed by atoms with Crippen molar-refractivity contribution < 1.29 is 33.8 Å². The molecule has 1 aromatic rings. The summed E-state index contributed by atoms with van der Waals surface area (Å²) in [6.07, 6.45) is -0.179. The molecule has 0 radical (unpaired) electrons. The first-order valence-electron chi connectivity index (χ1n) is 12.7. The number of amides is 3. The Bertz CT molecular complexity index is 927. The van der Waals surface area contributed by atoms with E-state index < -0.39 is 47.5 Å². The normalized spacial score (nSPS) is 14.8. The van der Waals surface area contributed by atoms with Crippen LogP contribution in [0, 0.1) is 11.8 Å². The zero-order valence-corrected chi connectivity index (χ0v) is 23.0. The number of aliphatic hydroxyl groups excluding tert-OH is 1. The summed E-state index contributed by atoms with van der Waals surface area (Å²) >= 11 is 0. The summed E-state index contributed by atoms with van der Waals surface area (Å²) in [6, 6.07) is 4.47. The molecule has 1 rings (SSSR count). The molecular formula is C27H43N3O7. The number of esters is 1. The fourth-order valence-electron chi connectivity index (χ4n) is 3.48. The maximum Gasteiger partial charge on any atom is 0.344 e. The second-order valence-electron chi connectivity index (χ2n) is 10.7. The van der Waals surface area contributed by atoms with Gasteiger partial charge in [-0.1, -0.05) is 40.2 Å². The molecule has 10 nitrogen and oxygen atoms in total. The van der Waals surface area contributed by atoms with Crippen molar-refractivity contribution >= 4 is 23.7 Å². The number of hydrogen-bond donors (Lipinski definition) is 4. The van der Waals surface area contributed by atoms with Crippen molar-refractivity contribution in [3.63, 3.8) is 0 Å². The number of imide groups is 1. The van der Waals surface area contributed by atoms with Gasteiger partial charge in [-0.15, -0.1) is 0 Å². The molecule has 37 heavy (non-hydrogen) atoms. The van der Waals surface area contributed by atoms with Gasteiger partial charge in [-0.05, 0) is 57.2 Å². The highest BCUT2D eigenvalue weighted by molar-refractivity contribution is 6.07. The van der Waals surface area contributed by atoms with E-state index in [2.05, 4.69) is 10.6 Å². The first-order chi connectivity index (χ1) is 17.1. The summed E-state index contributed by atoms with van der Waals surface area (Å²) in [5, 5.41) is 15.2. The van der Waals surface area contributed by atoms with Crippen molar-refractivity contribution in [1.29, 1.82) is 0 Å². The zero-order valence-electron chi connectivity index (χ0n) is 23.0. The van der Waals surface area contributed by atoms with Gasteiger partial charge in [0, 0.05) is 11.6 Å². The fraction of sp³-hybridized carbons (Fsp3) is 0.630. The van der Waals surface area contributed by atoms with Crippen molar-refractivity contribution in [1.82, 2.24) is 10.6 Å². The van der Waals surface area contributed by atoms with E-state index in [9.17, 15) is 24.3 Å². The van der Waals surface area contributed by atoms with E-state index in [4.69, 9.17) is 15.2 Å². The summed E-state index contributed by atoms with van der Waals surface area (Å²) in [5.41, 5.74) is 5.45. The summed E-state index contributed by atoms with van der Waals surface area (Å²) in [6.45, 7) is 12.5. The first-order valence-corrected chi connectivity index (χ1v) is 12.7. The van der Waals surface area contributed by atoms with Crippen LogP contribution in [-0.4, -0.2) is 59.2 Å². The van der Waals surface area contributed by atoms with Crippen LogP contribution in [0.1, 0.15) is 78.1 Å². The lowest BCUT2D eigenvalue weighted by Gasteiger charge is -2.25. The minimum Gasteiger partial charge on any atom is -0.482 e. The second-order valence-corrected chi connectivity index (χ2v) is 10.7. The molecular weight excluding hydrogens is 478 g/mol. The highest BCUT2D eigenvalue weighted by Crippen LogP contribution is 2.16. The average Bonchev–Trinajstić information content (AvgIpc) is 2.79. The Morgan fingerprint density at radius 1 is 1.11 bits per heavy atom. The average molecular weight is 522 g/mol. The molecule has 4 atom stereocenters. The molecule has 0 heterocycles. The zero-order chi connectivity index (χ0) is 28.3. The van der Waals surface area contributed by atoms with Crippen molar-refractivity contribution in [2.75, 3.05) is 6.61 Å². The van der Waals surface area contributed by atoms with Crippen LogP contribution >= 0.6 is 0 Å². The van der Waals surface area contributed by atoms with Gasteiger partial charge in [0.2, 0.25) is 11.8 Å². The van der Waals surface area contributed by atoms with Crippen LogP contribution in [0.4, 0.5) is 0 Å². The van der Waals surface area contributed by atoms with Gasteiger partial charge in [0.25, 0.3) is 5.91 Å². The SMILES string of the molecule is CC[C@H](C)[C@H](NC(=O)C[C@H](O)[C@@H](N)CC(C)C)C(=O)NC(=O)c1cccc(OCC(=O)OC(C)(C)C)c1. The minimum absolute atomic E-state index is 0.138. The molecule has 3 amide bonds. The molecule has 0 bridgehead atoms. The van der Waals surface area contributed by atoms with Crippen LogP contribution in [0.3, 0.4) is 0 Å². The predicted octanol–water partition coefficient (Wildman–Crippen LogP) is 2.32. The molecule has 208 valence electrons. The number of hydrogen-bond acceptors (Lipinski definition) is 8. The molecule has 0 aliphatic carbocycles. The van der Waals surface area contributed by atoms with Gasteiger partial charge in [0.15, 0.2) is 6.61 Å². The number of carbonyl (C=O) groups excluding carboxylic acids is 4. The number of ether oxygens (including phenoxy) is 2. The minimum atomic E-state index is -1.05. The molecule has 0 aliphatic rings. The van der Waals surface area contributed by atoms with E-state index in [1.807, 2.05) is 20.8 Å². The van der Waals surface area contributed by atoms with Crippen LogP contribution in [0.2, 0.25) is 0 Å². The Morgan fingerprint density at radius 3 is 2.32 bits per heavy atom. The number of carbonyl (C=O) groups is 4. The number of nitrogens with two attached hydrogens (primary N) is 1. The molecule has 0 spiro atoms. The van der Waals surface area contributed by atoms with Crippen molar-refractivity contribution in [2.24, 2.45) is 17.6 Å². The molecule has 0 aromatic heterocycles. The van der Waals surface area contributed by atoms with Gasteiger partial charge in [-0.2, -0.15) is 0 Å². The Labute approximate surface area is 219 Å². The van der Waals surface area contributed by atoms with Crippen molar-refractivity contribution in [3.8, 4) is 5.75 Å². The third-order valence-electron chi connectivity index (χ3n) is 5.55. The van der Waals surface area contributed by atoms with Gasteiger partial charge >= 0.3 is 5.97 Å². The molecule has 0 saturated heterocycles. The fourth-order valence-corrected chi connectivity index (χ4v) is 3.48. The van der Waals surface area contributed by atoms with Gasteiger partial charge in [-0.25, -0.2) is 4.79 Å². The van der Waals surface area contributed by atoms with Gasteiger partial charge in [0.05, 0.1) is 12.5 Å². The predicted molar refractivity (Wildman–Crippen MR) is 140 cm³/mol.